The molecule has 35 heavy (non-hydrogen) atoms. The predicted octanol–water partition coefficient (Wildman–Crippen LogP) is 4.42. The standard InChI is InChI=1S/C28H44N4O3/c1-4-5-6-7-8-9-10-11-12-13-14-15-16-17-18-19-20-21-27(33)29-22-23-30-28(34)26(3)31-24-25(2)32-35/h5-6,8-9,11-12,14-15,17-18,24,32,35H,4,7,10,13,16,19-23H2,1-3H3,(H,29,33)(H,30,34)/p+1/b6-5-,9-8-,12-11-,15-14-,18-17-,25-24-,31-26?. The fourth-order valence-corrected chi connectivity index (χ4v) is 2.63. The minimum Gasteiger partial charge on any atom is -0.354 e. The van der Waals surface area contributed by atoms with E-state index in [1.807, 2.05) is 0 Å². The number of nitrogens with two attached hydrogens (primary N) is 1. The van der Waals surface area contributed by atoms with Crippen molar-refractivity contribution in [1.29, 1.82) is 0 Å². The van der Waals surface area contributed by atoms with Crippen molar-refractivity contribution >= 4 is 17.5 Å². The van der Waals surface area contributed by atoms with Crippen molar-refractivity contribution in [3.63, 3.8) is 0 Å². The van der Waals surface area contributed by atoms with Crippen LogP contribution in [0.25, 0.3) is 0 Å². The molecule has 2 amide bonds. The molecule has 0 aromatic carbocycles. The van der Waals surface area contributed by atoms with Crippen LogP contribution in [0.5, 0.6) is 0 Å². The molecule has 0 fully saturated rings. The highest BCUT2D eigenvalue weighted by Gasteiger charge is 2.05. The molecule has 0 aliphatic heterocycles. The lowest BCUT2D eigenvalue weighted by Gasteiger charge is -2.06. The molecule has 0 radical (unpaired) electrons. The Bertz CT molecular complexity index is 790. The quantitative estimate of drug-likeness (QED) is 0.0942. The normalized spacial score (nSPS) is 13.3. The molecule has 7 nitrogen and oxygen atoms in total. The Kier molecular flexibility index (Phi) is 22.0. The van der Waals surface area contributed by atoms with Crippen LogP contribution >= 0.6 is 0 Å². The minimum atomic E-state index is -0.306. The van der Waals surface area contributed by atoms with Gasteiger partial charge in [-0.2, -0.15) is 5.48 Å². The number of carbonyl (C=O) groups excluding carboxylic acids is 2. The second-order valence-electron chi connectivity index (χ2n) is 7.92. The van der Waals surface area contributed by atoms with Gasteiger partial charge in [0.2, 0.25) is 5.91 Å². The van der Waals surface area contributed by atoms with E-state index in [9.17, 15) is 9.59 Å². The van der Waals surface area contributed by atoms with Gasteiger partial charge in [0.25, 0.3) is 5.91 Å². The monoisotopic (exact) mass is 485 g/mol. The molecular formula is C28H45N4O3+. The summed E-state index contributed by atoms with van der Waals surface area (Å²) in [6.07, 6.45) is 30.2. The summed E-state index contributed by atoms with van der Waals surface area (Å²) in [6, 6.07) is 0. The molecule has 0 aromatic rings. The second kappa shape index (κ2) is 24.1. The average Bonchev–Trinajstić information content (AvgIpc) is 2.86. The summed E-state index contributed by atoms with van der Waals surface area (Å²) in [5.74, 6) is -0.325. The second-order valence-corrected chi connectivity index (χ2v) is 7.92. The van der Waals surface area contributed by atoms with Gasteiger partial charge in [0, 0.05) is 26.4 Å². The highest BCUT2D eigenvalue weighted by molar-refractivity contribution is 6.38. The molecule has 0 spiro atoms. The Labute approximate surface area is 211 Å². The van der Waals surface area contributed by atoms with E-state index >= 15 is 0 Å². The number of aliphatic imine (C=N–C) groups is 1. The summed E-state index contributed by atoms with van der Waals surface area (Å²) in [5, 5.41) is 14.3. The number of nitrogens with one attached hydrogen (secondary N) is 2. The SMILES string of the molecule is CC/C=C\C/C=C\C/C=C\C/C=C\C/C=C\CCCC(=O)NCCNC(=O)C(C)=N/C=C(/C)[NH2+]O. The number of rotatable bonds is 19. The zero-order chi connectivity index (χ0) is 26.0. The van der Waals surface area contributed by atoms with E-state index in [1.54, 1.807) is 13.8 Å². The molecule has 5 N–H and O–H groups in total. The van der Waals surface area contributed by atoms with Crippen LogP contribution in [-0.2, 0) is 9.59 Å². The van der Waals surface area contributed by atoms with Gasteiger partial charge in [-0.1, -0.05) is 67.7 Å². The summed E-state index contributed by atoms with van der Waals surface area (Å²) in [7, 11) is 0. The smallest absolute Gasteiger partial charge is 0.265 e. The van der Waals surface area contributed by atoms with Crippen molar-refractivity contribution in [1.82, 2.24) is 10.6 Å². The largest absolute Gasteiger partial charge is 0.354 e. The summed E-state index contributed by atoms with van der Waals surface area (Å²) in [4.78, 5) is 27.7. The molecule has 0 rings (SSSR count). The molecule has 0 saturated heterocycles. The van der Waals surface area contributed by atoms with Gasteiger partial charge < -0.3 is 10.6 Å². The van der Waals surface area contributed by atoms with Crippen molar-refractivity contribution in [2.75, 3.05) is 13.1 Å². The first-order valence-corrected chi connectivity index (χ1v) is 12.5. The van der Waals surface area contributed by atoms with Gasteiger partial charge in [0.1, 0.15) is 5.71 Å². The first-order chi connectivity index (χ1) is 17.0. The van der Waals surface area contributed by atoms with Gasteiger partial charge in [-0.25, -0.2) is 10.2 Å². The Morgan fingerprint density at radius 2 is 1.31 bits per heavy atom. The summed E-state index contributed by atoms with van der Waals surface area (Å²) < 4.78 is 0. The molecule has 0 atom stereocenters. The number of quaternary nitrogens is 1. The molecule has 0 aromatic heterocycles. The van der Waals surface area contributed by atoms with Crippen molar-refractivity contribution in [3.05, 3.63) is 72.7 Å². The zero-order valence-electron chi connectivity index (χ0n) is 21.7. The molecule has 194 valence electrons. The van der Waals surface area contributed by atoms with E-state index in [0.29, 0.717) is 25.2 Å². The third-order valence-electron chi connectivity index (χ3n) is 4.66. The van der Waals surface area contributed by atoms with Gasteiger partial charge >= 0.3 is 0 Å². The Morgan fingerprint density at radius 1 is 0.800 bits per heavy atom. The van der Waals surface area contributed by atoms with Crippen LogP contribution in [0.3, 0.4) is 0 Å². The van der Waals surface area contributed by atoms with Gasteiger partial charge in [-0.05, 0) is 51.9 Å². The average molecular weight is 486 g/mol. The molecule has 0 aliphatic rings. The highest BCUT2D eigenvalue weighted by atomic mass is 16.5. The lowest BCUT2D eigenvalue weighted by atomic mass is 10.2. The topological polar surface area (TPSA) is 107 Å². The number of allylic oxidation sites excluding steroid dienone is 11. The van der Waals surface area contributed by atoms with Crippen LogP contribution in [0, 0.1) is 0 Å². The number of hydroxylamine groups is 1. The van der Waals surface area contributed by atoms with E-state index in [0.717, 1.165) is 50.4 Å². The third kappa shape index (κ3) is 22.5. The first-order valence-electron chi connectivity index (χ1n) is 12.5. The highest BCUT2D eigenvalue weighted by Crippen LogP contribution is 1.99. The number of unbranched alkanes of at least 4 members (excludes halogenated alkanes) is 1. The minimum absolute atomic E-state index is 0.0194. The molecule has 0 unspecified atom stereocenters. The van der Waals surface area contributed by atoms with E-state index in [-0.39, 0.29) is 17.5 Å². The van der Waals surface area contributed by atoms with E-state index in [1.165, 1.54) is 6.20 Å². The lowest BCUT2D eigenvalue weighted by Crippen LogP contribution is -2.77. The number of nitrogens with zero attached hydrogens (tertiary/aromatic N) is 1. The maximum Gasteiger partial charge on any atom is 0.265 e. The predicted molar refractivity (Wildman–Crippen MR) is 145 cm³/mol. The summed E-state index contributed by atoms with van der Waals surface area (Å²) >= 11 is 0. The van der Waals surface area contributed by atoms with Gasteiger partial charge in [0.05, 0.1) is 6.20 Å². The molecule has 7 heteroatoms. The number of carbonyl (C=O) groups is 2. The fraction of sp³-hybridized carbons (Fsp3) is 0.464. The van der Waals surface area contributed by atoms with Crippen molar-refractivity contribution in [2.45, 2.75) is 72.1 Å². The van der Waals surface area contributed by atoms with Crippen molar-refractivity contribution in [3.8, 4) is 0 Å². The Balaban J connectivity index is 3.73. The van der Waals surface area contributed by atoms with E-state index in [4.69, 9.17) is 5.21 Å². The van der Waals surface area contributed by atoms with Gasteiger partial charge in [-0.3, -0.25) is 9.59 Å². The van der Waals surface area contributed by atoms with E-state index < -0.39 is 0 Å². The van der Waals surface area contributed by atoms with Crippen LogP contribution in [0.1, 0.15) is 72.1 Å². The molecule has 0 aliphatic carbocycles. The van der Waals surface area contributed by atoms with Crippen LogP contribution in [0.15, 0.2) is 77.6 Å². The van der Waals surface area contributed by atoms with Crippen molar-refractivity contribution < 1.29 is 20.3 Å². The van der Waals surface area contributed by atoms with Crippen LogP contribution in [0.2, 0.25) is 0 Å². The maximum atomic E-state index is 11.9. The first kappa shape index (κ1) is 32.0. The van der Waals surface area contributed by atoms with Gasteiger partial charge in [0.15, 0.2) is 5.70 Å². The summed E-state index contributed by atoms with van der Waals surface area (Å²) in [5.41, 5.74) is 1.76. The number of hydrogen-bond acceptors (Lipinski definition) is 4. The molecule has 0 saturated carbocycles. The maximum absolute atomic E-state index is 11.9. The number of hydrogen-bond donors (Lipinski definition) is 4. The van der Waals surface area contributed by atoms with Crippen molar-refractivity contribution in [2.24, 2.45) is 4.99 Å². The van der Waals surface area contributed by atoms with E-state index in [2.05, 4.69) is 83.3 Å². The number of amides is 2. The summed E-state index contributed by atoms with van der Waals surface area (Å²) in [6.45, 7) is 6.11. The van der Waals surface area contributed by atoms with Crippen LogP contribution < -0.4 is 16.1 Å². The molecule has 0 heterocycles. The molecular weight excluding hydrogens is 440 g/mol. The van der Waals surface area contributed by atoms with Crippen LogP contribution in [-0.4, -0.2) is 35.8 Å². The van der Waals surface area contributed by atoms with Gasteiger partial charge in [-0.15, -0.1) is 0 Å². The molecule has 0 bridgehead atoms. The Morgan fingerprint density at radius 3 is 1.86 bits per heavy atom. The lowest BCUT2D eigenvalue weighted by molar-refractivity contribution is -0.851. The fourth-order valence-electron chi connectivity index (χ4n) is 2.63. The third-order valence-corrected chi connectivity index (χ3v) is 4.66. The van der Waals surface area contributed by atoms with Crippen LogP contribution in [0.4, 0.5) is 0 Å². The Hall–Kier alpha value is -3.03. The zero-order valence-corrected chi connectivity index (χ0v) is 21.7.